The first-order chi connectivity index (χ1) is 13.4. The van der Waals surface area contributed by atoms with Gasteiger partial charge in [-0.2, -0.15) is 0 Å². The van der Waals surface area contributed by atoms with Crippen molar-refractivity contribution in [3.63, 3.8) is 0 Å². The van der Waals surface area contributed by atoms with Crippen molar-refractivity contribution in [1.82, 2.24) is 20.2 Å². The van der Waals surface area contributed by atoms with Crippen molar-refractivity contribution >= 4 is 23.5 Å². The van der Waals surface area contributed by atoms with E-state index in [0.29, 0.717) is 30.8 Å². The quantitative estimate of drug-likeness (QED) is 0.270. The summed E-state index contributed by atoms with van der Waals surface area (Å²) in [6.07, 6.45) is 4.16. The number of carbonyl (C=O) groups excluding carboxylic acids is 4. The minimum absolute atomic E-state index is 0.170. The predicted octanol–water partition coefficient (Wildman–Crippen LogP) is -2.45. The summed E-state index contributed by atoms with van der Waals surface area (Å²) in [6, 6.07) is -0.875. The first-order valence-electron chi connectivity index (χ1n) is 9.19. The Kier molecular flexibility index (Phi) is 7.38. The number of Topliss-reactive ketones (excluding diaryl/α,β-unsaturated/α-hetero) is 1. The van der Waals surface area contributed by atoms with Crippen LogP contribution in [0, 0.1) is 0 Å². The van der Waals surface area contributed by atoms with E-state index in [4.69, 9.17) is 17.2 Å². The summed E-state index contributed by atoms with van der Waals surface area (Å²) in [6.45, 7) is 0.130. The highest BCUT2D eigenvalue weighted by molar-refractivity contribution is 6.20. The van der Waals surface area contributed by atoms with E-state index in [-0.39, 0.29) is 19.3 Å². The van der Waals surface area contributed by atoms with Crippen molar-refractivity contribution in [2.75, 3.05) is 19.6 Å². The Labute approximate surface area is 162 Å². The number of piperidine rings is 1. The summed E-state index contributed by atoms with van der Waals surface area (Å²) in [5.41, 5.74) is 15.3. The molecule has 0 bridgehead atoms. The van der Waals surface area contributed by atoms with Crippen LogP contribution in [0.1, 0.15) is 31.4 Å². The van der Waals surface area contributed by atoms with Gasteiger partial charge in [0.05, 0.1) is 18.6 Å². The smallest absolute Gasteiger partial charge is 0.253 e. The number of likely N-dealkylation sites (tertiary alicyclic amines) is 1. The third-order valence-electron chi connectivity index (χ3n) is 4.92. The van der Waals surface area contributed by atoms with Crippen LogP contribution >= 0.6 is 0 Å². The van der Waals surface area contributed by atoms with Crippen LogP contribution in [0.15, 0.2) is 12.5 Å². The molecule has 2 atom stereocenters. The average Bonchev–Trinajstić information content (AvgIpc) is 3.19. The first-order valence-corrected chi connectivity index (χ1v) is 9.19. The van der Waals surface area contributed by atoms with Crippen LogP contribution < -0.4 is 22.5 Å². The molecule has 28 heavy (non-hydrogen) atoms. The van der Waals surface area contributed by atoms with Crippen LogP contribution in [0.5, 0.6) is 0 Å². The van der Waals surface area contributed by atoms with E-state index in [1.807, 2.05) is 0 Å². The minimum Gasteiger partial charge on any atom is -0.367 e. The maximum Gasteiger partial charge on any atom is 0.253 e. The monoisotopic (exact) mass is 393 g/mol. The molecule has 2 rings (SSSR count). The molecule has 11 heteroatoms. The number of hydrogen-bond acceptors (Lipinski definition) is 8. The minimum atomic E-state index is -2.12. The van der Waals surface area contributed by atoms with Crippen LogP contribution in [0.2, 0.25) is 0 Å². The number of ketones is 1. The zero-order valence-corrected chi connectivity index (χ0v) is 15.6. The number of aromatic nitrogens is 2. The zero-order valence-electron chi connectivity index (χ0n) is 15.6. The third kappa shape index (κ3) is 4.11. The molecule has 1 aliphatic rings. The lowest BCUT2D eigenvalue weighted by atomic mass is 9.75. The van der Waals surface area contributed by atoms with Crippen LogP contribution in [0.4, 0.5) is 0 Å². The Morgan fingerprint density at radius 3 is 2.64 bits per heavy atom. The largest absolute Gasteiger partial charge is 0.367 e. The molecule has 1 aromatic rings. The molecule has 1 fully saturated rings. The van der Waals surface area contributed by atoms with Gasteiger partial charge in [0.15, 0.2) is 5.78 Å². The third-order valence-corrected chi connectivity index (χ3v) is 4.92. The number of hydrogen-bond donors (Lipinski definition) is 5. The van der Waals surface area contributed by atoms with E-state index in [9.17, 15) is 19.2 Å². The summed E-state index contributed by atoms with van der Waals surface area (Å²) in [5, 5.41) is 3.13. The summed E-state index contributed by atoms with van der Waals surface area (Å²) in [7, 11) is 0. The second kappa shape index (κ2) is 9.53. The number of amides is 3. The molecule has 1 saturated heterocycles. The second-order valence-electron chi connectivity index (χ2n) is 6.63. The van der Waals surface area contributed by atoms with Gasteiger partial charge in [-0.05, 0) is 19.4 Å². The molecule has 0 radical (unpaired) electrons. The number of nitrogens with zero attached hydrogens (tertiary/aromatic N) is 2. The maximum atomic E-state index is 13.0. The highest BCUT2D eigenvalue weighted by atomic mass is 16.2. The molecular formula is C17H27N7O4. The van der Waals surface area contributed by atoms with Crippen LogP contribution in [-0.2, 0) is 25.6 Å². The van der Waals surface area contributed by atoms with Crippen LogP contribution in [0.3, 0.4) is 0 Å². The van der Waals surface area contributed by atoms with Gasteiger partial charge >= 0.3 is 0 Å². The summed E-state index contributed by atoms with van der Waals surface area (Å²) in [5.74, 6) is -3.08. The normalized spacial score (nSPS) is 21.0. The lowest BCUT2D eigenvalue weighted by Crippen LogP contribution is -2.76. The first kappa shape index (κ1) is 21.7. The zero-order chi connectivity index (χ0) is 20.7. The van der Waals surface area contributed by atoms with Gasteiger partial charge in [0.25, 0.3) is 5.91 Å². The molecule has 8 N–H and O–H groups in total. The number of nitrogens with one attached hydrogen (secondary N) is 2. The number of rotatable bonds is 10. The van der Waals surface area contributed by atoms with Crippen molar-refractivity contribution in [1.29, 1.82) is 0 Å². The molecule has 0 aromatic carbocycles. The predicted molar refractivity (Wildman–Crippen MR) is 99.4 cm³/mol. The molecule has 0 spiro atoms. The summed E-state index contributed by atoms with van der Waals surface area (Å²) >= 11 is 0. The lowest BCUT2D eigenvalue weighted by Gasteiger charge is -2.46. The Morgan fingerprint density at radius 2 is 2.07 bits per heavy atom. The number of carbonyl (C=O) groups is 4. The molecule has 0 saturated carbocycles. The van der Waals surface area contributed by atoms with Gasteiger partial charge < -0.3 is 27.5 Å². The molecule has 1 unspecified atom stereocenters. The number of nitrogens with two attached hydrogens (primary N) is 3. The highest BCUT2D eigenvalue weighted by Gasteiger charge is 2.60. The fourth-order valence-corrected chi connectivity index (χ4v) is 3.62. The molecule has 11 nitrogen and oxygen atoms in total. The van der Waals surface area contributed by atoms with Gasteiger partial charge in [-0.15, -0.1) is 0 Å². The molecule has 1 aliphatic heterocycles. The standard InChI is InChI=1S/C17H27N7O4/c18-6-1-2-12(22-7-5-11-9-21-10-23-11)17(16(20)28)13(25)3-4-14(26)24(17)15(27)8-19/h9-10,12,22H,1-8,18-19H2,(H2,20,28)(H,21,23)/t12?,17-/m1/s1. The van der Waals surface area contributed by atoms with Crippen LogP contribution in [0.25, 0.3) is 0 Å². The highest BCUT2D eigenvalue weighted by Crippen LogP contribution is 2.31. The van der Waals surface area contributed by atoms with Gasteiger partial charge in [-0.3, -0.25) is 24.1 Å². The molecule has 0 aliphatic carbocycles. The fraction of sp³-hybridized carbons (Fsp3) is 0.588. The summed E-state index contributed by atoms with van der Waals surface area (Å²) < 4.78 is 0. The molecule has 154 valence electrons. The van der Waals surface area contributed by atoms with E-state index in [2.05, 4.69) is 15.3 Å². The van der Waals surface area contributed by atoms with Gasteiger partial charge in [0.2, 0.25) is 17.4 Å². The van der Waals surface area contributed by atoms with E-state index >= 15 is 0 Å². The number of imidazole rings is 1. The Bertz CT molecular complexity index is 713. The van der Waals surface area contributed by atoms with Gasteiger partial charge in [0.1, 0.15) is 0 Å². The van der Waals surface area contributed by atoms with Gasteiger partial charge in [0, 0.05) is 38.0 Å². The van der Waals surface area contributed by atoms with E-state index in [0.717, 1.165) is 5.69 Å². The number of aromatic amines is 1. The Hall–Kier alpha value is -2.63. The van der Waals surface area contributed by atoms with Crippen molar-refractivity contribution < 1.29 is 19.2 Å². The van der Waals surface area contributed by atoms with Crippen molar-refractivity contribution in [3.05, 3.63) is 18.2 Å². The van der Waals surface area contributed by atoms with Crippen molar-refractivity contribution in [2.24, 2.45) is 17.2 Å². The Balaban J connectivity index is 2.40. The maximum absolute atomic E-state index is 13.0. The molecule has 3 amide bonds. The number of H-pyrrole nitrogens is 1. The van der Waals surface area contributed by atoms with E-state index in [1.54, 1.807) is 6.20 Å². The molecular weight excluding hydrogens is 366 g/mol. The molecule has 2 heterocycles. The van der Waals surface area contributed by atoms with Crippen molar-refractivity contribution in [2.45, 2.75) is 43.7 Å². The van der Waals surface area contributed by atoms with E-state index < -0.39 is 41.6 Å². The van der Waals surface area contributed by atoms with Gasteiger partial charge in [-0.25, -0.2) is 4.98 Å². The Morgan fingerprint density at radius 1 is 1.32 bits per heavy atom. The second-order valence-corrected chi connectivity index (χ2v) is 6.63. The number of primary amides is 1. The van der Waals surface area contributed by atoms with Crippen molar-refractivity contribution in [3.8, 4) is 0 Å². The van der Waals surface area contributed by atoms with Gasteiger partial charge in [-0.1, -0.05) is 0 Å². The summed E-state index contributed by atoms with van der Waals surface area (Å²) in [4.78, 5) is 58.1. The van der Waals surface area contributed by atoms with Crippen LogP contribution in [-0.4, -0.2) is 69.6 Å². The topological polar surface area (TPSA) is 190 Å². The van der Waals surface area contributed by atoms with E-state index in [1.165, 1.54) is 6.33 Å². The SMILES string of the molecule is NCCCC(NCCc1c[nH]cn1)[C@]1(C(N)=O)C(=O)CCC(=O)N1C(=O)CN. The lowest BCUT2D eigenvalue weighted by molar-refractivity contribution is -0.169. The fourth-order valence-electron chi connectivity index (χ4n) is 3.62. The number of imide groups is 1. The average molecular weight is 393 g/mol. The molecule has 1 aromatic heterocycles.